The number of hydrogen-bond donors (Lipinski definition) is 3. The first-order chi connectivity index (χ1) is 10.1. The highest BCUT2D eigenvalue weighted by atomic mass is 16.4. The van der Waals surface area contributed by atoms with Crippen LogP contribution in [0.2, 0.25) is 0 Å². The maximum Gasteiger partial charge on any atom is 0.315 e. The number of carboxylic acid groups (broad SMARTS) is 1. The van der Waals surface area contributed by atoms with Crippen LogP contribution in [0.25, 0.3) is 0 Å². The number of aromatic nitrogens is 1. The lowest BCUT2D eigenvalue weighted by Crippen LogP contribution is -2.40. The van der Waals surface area contributed by atoms with Gasteiger partial charge in [0.2, 0.25) is 0 Å². The molecule has 6 nitrogen and oxygen atoms in total. The van der Waals surface area contributed by atoms with Gasteiger partial charge in [-0.25, -0.2) is 4.79 Å². The Bertz CT molecular complexity index is 492. The molecule has 21 heavy (non-hydrogen) atoms. The zero-order chi connectivity index (χ0) is 15.2. The normalized spacial score (nSPS) is 22.5. The molecule has 0 saturated heterocycles. The highest BCUT2D eigenvalue weighted by molar-refractivity contribution is 5.75. The fraction of sp³-hybridized carbons (Fsp3) is 0.533. The second kappa shape index (κ2) is 7.06. The van der Waals surface area contributed by atoms with E-state index in [2.05, 4.69) is 15.6 Å². The van der Waals surface area contributed by atoms with Crippen molar-refractivity contribution in [3.05, 3.63) is 30.1 Å². The van der Waals surface area contributed by atoms with E-state index in [1.54, 1.807) is 12.4 Å². The molecule has 1 aliphatic rings. The summed E-state index contributed by atoms with van der Waals surface area (Å²) in [7, 11) is 0. The molecule has 2 rings (SSSR count). The molecule has 114 valence electrons. The largest absolute Gasteiger partial charge is 0.481 e. The lowest BCUT2D eigenvalue weighted by atomic mass is 9.96. The van der Waals surface area contributed by atoms with Gasteiger partial charge in [0.15, 0.2) is 0 Å². The molecule has 1 fully saturated rings. The Morgan fingerprint density at radius 1 is 1.48 bits per heavy atom. The summed E-state index contributed by atoms with van der Waals surface area (Å²) in [4.78, 5) is 27.0. The van der Waals surface area contributed by atoms with E-state index in [1.807, 2.05) is 19.1 Å². The maximum atomic E-state index is 11.9. The molecule has 0 radical (unpaired) electrons. The van der Waals surface area contributed by atoms with Crippen LogP contribution in [0.3, 0.4) is 0 Å². The van der Waals surface area contributed by atoms with Gasteiger partial charge in [-0.05, 0) is 37.3 Å². The Hall–Kier alpha value is -2.11. The molecule has 1 heterocycles. The number of nitrogens with zero attached hydrogens (tertiary/aromatic N) is 1. The van der Waals surface area contributed by atoms with Gasteiger partial charge < -0.3 is 15.7 Å². The molecule has 1 aromatic rings. The molecular weight excluding hydrogens is 270 g/mol. The fourth-order valence-electron chi connectivity index (χ4n) is 2.79. The number of aliphatic carboxylic acids is 1. The number of rotatable bonds is 5. The highest BCUT2D eigenvalue weighted by Crippen LogP contribution is 2.31. The zero-order valence-corrected chi connectivity index (χ0v) is 12.1. The Morgan fingerprint density at radius 2 is 2.29 bits per heavy atom. The Labute approximate surface area is 124 Å². The summed E-state index contributed by atoms with van der Waals surface area (Å²) in [5.41, 5.74) is 0.928. The molecule has 3 N–H and O–H groups in total. The number of pyridine rings is 1. The average Bonchev–Trinajstić information content (AvgIpc) is 2.94. The minimum absolute atomic E-state index is 0.0296. The number of urea groups is 1. The minimum Gasteiger partial charge on any atom is -0.481 e. The van der Waals surface area contributed by atoms with E-state index in [0.717, 1.165) is 18.4 Å². The molecule has 1 aliphatic carbocycles. The molecule has 0 aliphatic heterocycles. The molecule has 3 unspecified atom stereocenters. The highest BCUT2D eigenvalue weighted by Gasteiger charge is 2.32. The predicted octanol–water partition coefficient (Wildman–Crippen LogP) is 1.94. The number of carbonyl (C=O) groups excluding carboxylic acids is 1. The van der Waals surface area contributed by atoms with E-state index in [4.69, 9.17) is 5.11 Å². The van der Waals surface area contributed by atoms with Gasteiger partial charge in [0.25, 0.3) is 0 Å². The van der Waals surface area contributed by atoms with Crippen LogP contribution in [0.15, 0.2) is 24.5 Å². The Kier molecular flexibility index (Phi) is 5.14. The van der Waals surface area contributed by atoms with E-state index in [0.29, 0.717) is 13.0 Å². The summed E-state index contributed by atoms with van der Waals surface area (Å²) in [6, 6.07) is 3.30. The number of carboxylic acids is 1. The summed E-state index contributed by atoms with van der Waals surface area (Å²) in [5, 5.41) is 14.7. The topological polar surface area (TPSA) is 91.3 Å². The van der Waals surface area contributed by atoms with Crippen LogP contribution in [-0.4, -0.2) is 28.6 Å². The van der Waals surface area contributed by atoms with Crippen LogP contribution in [0.4, 0.5) is 4.79 Å². The monoisotopic (exact) mass is 291 g/mol. The third-order valence-corrected chi connectivity index (χ3v) is 4.03. The summed E-state index contributed by atoms with van der Waals surface area (Å²) >= 11 is 0. The molecular formula is C15H21N3O3. The third-order valence-electron chi connectivity index (χ3n) is 4.03. The van der Waals surface area contributed by atoms with Crippen molar-refractivity contribution in [2.75, 3.05) is 6.54 Å². The van der Waals surface area contributed by atoms with Gasteiger partial charge in [-0.2, -0.15) is 0 Å². The third kappa shape index (κ3) is 4.18. The smallest absolute Gasteiger partial charge is 0.315 e. The predicted molar refractivity (Wildman–Crippen MR) is 77.7 cm³/mol. The van der Waals surface area contributed by atoms with Gasteiger partial charge in [-0.15, -0.1) is 0 Å². The van der Waals surface area contributed by atoms with Crippen LogP contribution in [0.5, 0.6) is 0 Å². The molecule has 2 amide bonds. The number of hydrogen-bond acceptors (Lipinski definition) is 3. The first-order valence-corrected chi connectivity index (χ1v) is 7.25. The number of carbonyl (C=O) groups is 2. The van der Waals surface area contributed by atoms with E-state index < -0.39 is 5.97 Å². The summed E-state index contributed by atoms with van der Waals surface area (Å²) < 4.78 is 0. The van der Waals surface area contributed by atoms with Crippen molar-refractivity contribution in [3.8, 4) is 0 Å². The van der Waals surface area contributed by atoms with Gasteiger partial charge in [0.1, 0.15) is 0 Å². The van der Waals surface area contributed by atoms with Crippen LogP contribution in [0.1, 0.15) is 37.8 Å². The lowest BCUT2D eigenvalue weighted by molar-refractivity contribution is -0.142. The van der Waals surface area contributed by atoms with Gasteiger partial charge in [-0.3, -0.25) is 9.78 Å². The molecule has 0 bridgehead atoms. The van der Waals surface area contributed by atoms with E-state index in [9.17, 15) is 9.59 Å². The van der Waals surface area contributed by atoms with Crippen molar-refractivity contribution in [2.24, 2.45) is 11.8 Å². The summed E-state index contributed by atoms with van der Waals surface area (Å²) in [6.45, 7) is 2.29. The van der Waals surface area contributed by atoms with E-state index in [-0.39, 0.29) is 23.9 Å². The molecule has 3 atom stereocenters. The molecule has 1 saturated carbocycles. The first kappa shape index (κ1) is 15.3. The van der Waals surface area contributed by atoms with Crippen molar-refractivity contribution >= 4 is 12.0 Å². The number of amides is 2. The van der Waals surface area contributed by atoms with Gasteiger partial charge in [0.05, 0.1) is 12.0 Å². The maximum absolute atomic E-state index is 11.9. The Morgan fingerprint density at radius 3 is 2.95 bits per heavy atom. The second-order valence-corrected chi connectivity index (χ2v) is 5.50. The minimum atomic E-state index is -0.761. The lowest BCUT2D eigenvalue weighted by Gasteiger charge is -2.18. The first-order valence-electron chi connectivity index (χ1n) is 7.25. The van der Waals surface area contributed by atoms with E-state index in [1.165, 1.54) is 0 Å². The SMILES string of the molecule is CC(NC(=O)NCC1CCCC1C(=O)O)c1cccnc1. The zero-order valence-electron chi connectivity index (χ0n) is 12.1. The van der Waals surface area contributed by atoms with Gasteiger partial charge in [-0.1, -0.05) is 12.5 Å². The van der Waals surface area contributed by atoms with E-state index >= 15 is 0 Å². The van der Waals surface area contributed by atoms with Crippen molar-refractivity contribution in [2.45, 2.75) is 32.2 Å². The quantitative estimate of drug-likeness (QED) is 0.773. The fourth-order valence-corrected chi connectivity index (χ4v) is 2.79. The molecule has 0 aromatic carbocycles. The average molecular weight is 291 g/mol. The number of nitrogens with one attached hydrogen (secondary N) is 2. The van der Waals surface area contributed by atoms with Gasteiger partial charge in [0, 0.05) is 18.9 Å². The molecule has 0 spiro atoms. The van der Waals surface area contributed by atoms with Crippen molar-refractivity contribution in [1.82, 2.24) is 15.6 Å². The van der Waals surface area contributed by atoms with Gasteiger partial charge >= 0.3 is 12.0 Å². The second-order valence-electron chi connectivity index (χ2n) is 5.50. The Balaban J connectivity index is 1.78. The molecule has 1 aromatic heterocycles. The summed E-state index contributed by atoms with van der Waals surface area (Å²) in [6.07, 6.45) is 5.87. The molecule has 6 heteroatoms. The standard InChI is InChI=1S/C15H21N3O3/c1-10(11-5-3-7-16-8-11)18-15(21)17-9-12-4-2-6-13(12)14(19)20/h3,5,7-8,10,12-13H,2,4,6,9H2,1H3,(H,19,20)(H2,17,18,21). The van der Waals surface area contributed by atoms with Crippen molar-refractivity contribution < 1.29 is 14.7 Å². The van der Waals surface area contributed by atoms with Crippen LogP contribution >= 0.6 is 0 Å². The van der Waals surface area contributed by atoms with Crippen molar-refractivity contribution in [3.63, 3.8) is 0 Å². The summed E-state index contributed by atoms with van der Waals surface area (Å²) in [5.74, 6) is -1.06. The van der Waals surface area contributed by atoms with Crippen LogP contribution < -0.4 is 10.6 Å². The van der Waals surface area contributed by atoms with Crippen LogP contribution in [-0.2, 0) is 4.79 Å². The van der Waals surface area contributed by atoms with Crippen LogP contribution in [0, 0.1) is 11.8 Å². The van der Waals surface area contributed by atoms with Crippen molar-refractivity contribution in [1.29, 1.82) is 0 Å².